The van der Waals surface area contributed by atoms with Crippen molar-refractivity contribution in [1.29, 1.82) is 0 Å². The number of carbonyl (C=O) groups excluding carboxylic acids is 1. The van der Waals surface area contributed by atoms with E-state index in [9.17, 15) is 9.18 Å². The van der Waals surface area contributed by atoms with Gasteiger partial charge in [0.05, 0.1) is 16.8 Å². The fraction of sp³-hybridized carbons (Fsp3) is 0.130. The summed E-state index contributed by atoms with van der Waals surface area (Å²) in [7, 11) is 0. The summed E-state index contributed by atoms with van der Waals surface area (Å²) >= 11 is 0. The summed E-state index contributed by atoms with van der Waals surface area (Å²) in [6.07, 6.45) is 0. The van der Waals surface area contributed by atoms with E-state index < -0.39 is 0 Å². The van der Waals surface area contributed by atoms with Crippen LogP contribution in [0, 0.1) is 12.7 Å². The molecule has 4 rings (SSSR count). The zero-order valence-electron chi connectivity index (χ0n) is 15.2. The Morgan fingerprint density at radius 1 is 1.00 bits per heavy atom. The largest absolute Gasteiger partial charge is 0.308 e. The Kier molecular flexibility index (Phi) is 4.32. The number of nitrogens with zero attached hydrogens (tertiary/aromatic N) is 2. The van der Waals surface area contributed by atoms with Gasteiger partial charge >= 0.3 is 0 Å². The maximum atomic E-state index is 13.8. The van der Waals surface area contributed by atoms with Crippen molar-refractivity contribution in [1.82, 2.24) is 4.98 Å². The van der Waals surface area contributed by atoms with Gasteiger partial charge in [-0.15, -0.1) is 0 Å². The Balaban J connectivity index is 1.90. The number of pyridine rings is 1. The Morgan fingerprint density at radius 2 is 1.78 bits per heavy atom. The quantitative estimate of drug-likeness (QED) is 0.484. The highest BCUT2D eigenvalue weighted by Crippen LogP contribution is 2.29. The van der Waals surface area contributed by atoms with Crippen LogP contribution in [0.4, 0.5) is 10.1 Å². The van der Waals surface area contributed by atoms with E-state index in [1.807, 2.05) is 56.3 Å². The van der Waals surface area contributed by atoms with E-state index in [2.05, 4.69) is 4.98 Å². The second-order valence-electron chi connectivity index (χ2n) is 6.52. The number of fused-ring (bicyclic) bond motifs is 2. The van der Waals surface area contributed by atoms with Crippen LogP contribution in [0.1, 0.15) is 23.0 Å². The summed E-state index contributed by atoms with van der Waals surface area (Å²) < 4.78 is 13.8. The van der Waals surface area contributed by atoms with Gasteiger partial charge in [0.15, 0.2) is 0 Å². The summed E-state index contributed by atoms with van der Waals surface area (Å²) in [5.74, 6) is -0.537. The third-order valence-corrected chi connectivity index (χ3v) is 4.75. The Labute approximate surface area is 157 Å². The lowest BCUT2D eigenvalue weighted by Gasteiger charge is -2.23. The zero-order chi connectivity index (χ0) is 19.0. The molecule has 0 unspecified atom stereocenters. The van der Waals surface area contributed by atoms with E-state index in [-0.39, 0.29) is 11.7 Å². The molecule has 3 aromatic carbocycles. The first-order chi connectivity index (χ1) is 13.1. The second-order valence-corrected chi connectivity index (χ2v) is 6.52. The standard InChI is InChI=1S/C23H19FN2O/c1-3-26(22-10-6-8-16-7-4-5-9-18(16)22)23(27)20-13-15(2)25-21-12-11-17(24)14-19(20)21/h4-14H,3H2,1-2H3. The Hall–Kier alpha value is -3.27. The molecule has 4 aromatic rings. The maximum absolute atomic E-state index is 13.8. The average Bonchev–Trinajstić information content (AvgIpc) is 2.68. The van der Waals surface area contributed by atoms with Crippen molar-refractivity contribution < 1.29 is 9.18 Å². The van der Waals surface area contributed by atoms with E-state index in [1.54, 1.807) is 17.0 Å². The molecule has 0 fully saturated rings. The van der Waals surface area contributed by atoms with Crippen molar-refractivity contribution in [3.63, 3.8) is 0 Å². The summed E-state index contributed by atoms with van der Waals surface area (Å²) in [5.41, 5.74) is 2.66. The van der Waals surface area contributed by atoms with Gasteiger partial charge in [0.25, 0.3) is 5.91 Å². The Morgan fingerprint density at radius 3 is 2.59 bits per heavy atom. The van der Waals surface area contributed by atoms with Crippen molar-refractivity contribution >= 4 is 33.3 Å². The number of rotatable bonds is 3. The van der Waals surface area contributed by atoms with Crippen molar-refractivity contribution in [2.24, 2.45) is 0 Å². The molecule has 0 saturated heterocycles. The van der Waals surface area contributed by atoms with E-state index in [0.29, 0.717) is 23.0 Å². The van der Waals surface area contributed by atoms with Gasteiger partial charge in [-0.25, -0.2) is 4.39 Å². The fourth-order valence-corrected chi connectivity index (χ4v) is 3.52. The molecule has 134 valence electrons. The lowest BCUT2D eigenvalue weighted by molar-refractivity contribution is 0.0990. The maximum Gasteiger partial charge on any atom is 0.259 e. The molecule has 0 radical (unpaired) electrons. The summed E-state index contributed by atoms with van der Waals surface area (Å²) in [4.78, 5) is 19.6. The summed E-state index contributed by atoms with van der Waals surface area (Å²) in [6.45, 7) is 4.29. The van der Waals surface area contributed by atoms with Gasteiger partial charge in [-0.3, -0.25) is 9.78 Å². The number of carbonyl (C=O) groups is 1. The van der Waals surface area contributed by atoms with E-state index in [0.717, 1.165) is 22.2 Å². The SMILES string of the molecule is CCN(C(=O)c1cc(C)nc2ccc(F)cc12)c1cccc2ccccc12. The van der Waals surface area contributed by atoms with E-state index in [1.165, 1.54) is 12.1 Å². The number of hydrogen-bond donors (Lipinski definition) is 0. The van der Waals surface area contributed by atoms with Gasteiger partial charge in [-0.1, -0.05) is 36.4 Å². The van der Waals surface area contributed by atoms with Crippen LogP contribution in [0.25, 0.3) is 21.7 Å². The molecule has 0 saturated carbocycles. The molecule has 27 heavy (non-hydrogen) atoms. The van der Waals surface area contributed by atoms with E-state index >= 15 is 0 Å². The highest BCUT2D eigenvalue weighted by atomic mass is 19.1. The molecule has 1 heterocycles. The molecular weight excluding hydrogens is 339 g/mol. The van der Waals surface area contributed by atoms with Gasteiger partial charge < -0.3 is 4.90 Å². The molecule has 0 atom stereocenters. The van der Waals surface area contributed by atoms with Crippen LogP contribution >= 0.6 is 0 Å². The molecule has 4 heteroatoms. The average molecular weight is 358 g/mol. The summed E-state index contributed by atoms with van der Waals surface area (Å²) in [5, 5.41) is 2.61. The molecule has 0 aliphatic carbocycles. The number of anilines is 1. The Bertz CT molecular complexity index is 1160. The van der Waals surface area contributed by atoms with Crippen molar-refractivity contribution in [3.8, 4) is 0 Å². The van der Waals surface area contributed by atoms with Gasteiger partial charge in [0.2, 0.25) is 0 Å². The first kappa shape index (κ1) is 17.2. The van der Waals surface area contributed by atoms with Crippen LogP contribution in [-0.4, -0.2) is 17.4 Å². The molecule has 0 N–H and O–H groups in total. The van der Waals surface area contributed by atoms with Crippen molar-refractivity contribution in [2.75, 3.05) is 11.4 Å². The minimum atomic E-state index is -0.379. The zero-order valence-corrected chi connectivity index (χ0v) is 15.2. The molecule has 0 aliphatic rings. The molecule has 0 bridgehead atoms. The topological polar surface area (TPSA) is 33.2 Å². The molecule has 1 aromatic heterocycles. The highest BCUT2D eigenvalue weighted by molar-refractivity contribution is 6.16. The van der Waals surface area contributed by atoms with E-state index in [4.69, 9.17) is 0 Å². The number of aryl methyl sites for hydroxylation is 1. The first-order valence-electron chi connectivity index (χ1n) is 8.95. The van der Waals surface area contributed by atoms with Crippen molar-refractivity contribution in [3.05, 3.63) is 83.8 Å². The van der Waals surface area contributed by atoms with Crippen molar-refractivity contribution in [2.45, 2.75) is 13.8 Å². The first-order valence-corrected chi connectivity index (χ1v) is 8.95. The van der Waals surface area contributed by atoms with Crippen LogP contribution in [-0.2, 0) is 0 Å². The lowest BCUT2D eigenvalue weighted by atomic mass is 10.0. The predicted octanol–water partition coefficient (Wildman–Crippen LogP) is 5.50. The predicted molar refractivity (Wildman–Crippen MR) is 108 cm³/mol. The van der Waals surface area contributed by atoms with Crippen LogP contribution < -0.4 is 4.90 Å². The molecule has 3 nitrogen and oxygen atoms in total. The highest BCUT2D eigenvalue weighted by Gasteiger charge is 2.21. The lowest BCUT2D eigenvalue weighted by Crippen LogP contribution is -2.31. The van der Waals surface area contributed by atoms with Crippen LogP contribution in [0.5, 0.6) is 0 Å². The molecule has 1 amide bonds. The summed E-state index contributed by atoms with van der Waals surface area (Å²) in [6, 6.07) is 20.0. The molecule has 0 spiro atoms. The second kappa shape index (κ2) is 6.80. The van der Waals surface area contributed by atoms with Gasteiger partial charge in [-0.2, -0.15) is 0 Å². The van der Waals surface area contributed by atoms with Gasteiger partial charge in [-0.05, 0) is 49.6 Å². The smallest absolute Gasteiger partial charge is 0.259 e. The molecule has 0 aliphatic heterocycles. The number of amides is 1. The van der Waals surface area contributed by atoms with Crippen LogP contribution in [0.15, 0.2) is 66.7 Å². The number of hydrogen-bond acceptors (Lipinski definition) is 2. The fourth-order valence-electron chi connectivity index (χ4n) is 3.52. The van der Waals surface area contributed by atoms with Crippen LogP contribution in [0.2, 0.25) is 0 Å². The molecular formula is C23H19FN2O. The monoisotopic (exact) mass is 358 g/mol. The third kappa shape index (κ3) is 3.04. The minimum absolute atomic E-state index is 0.157. The number of benzene rings is 3. The number of aromatic nitrogens is 1. The third-order valence-electron chi connectivity index (χ3n) is 4.75. The van der Waals surface area contributed by atoms with Crippen LogP contribution in [0.3, 0.4) is 0 Å². The number of halogens is 1. The normalized spacial score (nSPS) is 11.1. The minimum Gasteiger partial charge on any atom is -0.308 e. The van der Waals surface area contributed by atoms with Gasteiger partial charge in [0.1, 0.15) is 5.82 Å². The van der Waals surface area contributed by atoms with Gasteiger partial charge in [0, 0.05) is 23.0 Å².